The summed E-state index contributed by atoms with van der Waals surface area (Å²) in [5.41, 5.74) is 4.05. The second kappa shape index (κ2) is 4.33. The van der Waals surface area contributed by atoms with Crippen LogP contribution >= 0.6 is 0 Å². The first-order valence-electron chi connectivity index (χ1n) is 6.72. The normalized spacial score (nSPS) is 36.2. The van der Waals surface area contributed by atoms with Crippen molar-refractivity contribution in [3.63, 3.8) is 0 Å². The van der Waals surface area contributed by atoms with E-state index in [1.807, 2.05) is 0 Å². The van der Waals surface area contributed by atoms with E-state index < -0.39 is 0 Å². The lowest BCUT2D eigenvalue weighted by Crippen LogP contribution is -2.31. The molecule has 0 aromatic heterocycles. The largest absolute Gasteiger partial charge is 0.242 e. The molecule has 0 spiro atoms. The molecule has 0 radical (unpaired) electrons. The number of nitrogens with zero attached hydrogens (tertiary/aromatic N) is 1. The second-order valence-corrected chi connectivity index (χ2v) is 6.29. The van der Waals surface area contributed by atoms with Crippen molar-refractivity contribution in [3.8, 4) is 0 Å². The summed E-state index contributed by atoms with van der Waals surface area (Å²) in [5, 5.41) is 0. The van der Waals surface area contributed by atoms with E-state index in [-0.39, 0.29) is 0 Å². The molecule has 0 aromatic rings. The molecular weight excluding hydrogens is 206 g/mol. The highest BCUT2D eigenvalue weighted by Crippen LogP contribution is 2.58. The van der Waals surface area contributed by atoms with E-state index in [0.29, 0.717) is 17.3 Å². The third-order valence-electron chi connectivity index (χ3n) is 4.85. The fraction of sp³-hybridized carbons (Fsp3) is 0.688. The lowest BCUT2D eigenvalue weighted by atomic mass is 9.65. The minimum Gasteiger partial charge on any atom is -0.242 e. The topological polar surface area (TPSA) is 4.36 Å². The Balaban J connectivity index is 2.37. The Morgan fingerprint density at radius 3 is 2.71 bits per heavy atom. The Labute approximate surface area is 105 Å². The Morgan fingerprint density at radius 2 is 2.12 bits per heavy atom. The van der Waals surface area contributed by atoms with Crippen molar-refractivity contribution in [1.29, 1.82) is 0 Å². The zero-order valence-electron chi connectivity index (χ0n) is 11.3. The van der Waals surface area contributed by atoms with Gasteiger partial charge in [-0.1, -0.05) is 44.9 Å². The van der Waals surface area contributed by atoms with E-state index >= 15 is 0 Å². The van der Waals surface area contributed by atoms with Crippen LogP contribution in [0.1, 0.15) is 52.9 Å². The van der Waals surface area contributed by atoms with Crippen molar-refractivity contribution in [1.82, 2.24) is 0 Å². The van der Waals surface area contributed by atoms with Gasteiger partial charge in [-0.3, -0.25) is 0 Å². The molecule has 2 aliphatic rings. The number of hydrogen-bond donors (Lipinski definition) is 0. The van der Waals surface area contributed by atoms with E-state index in [1.54, 1.807) is 0 Å². The average Bonchev–Trinajstić information content (AvgIpc) is 2.58. The summed E-state index contributed by atoms with van der Waals surface area (Å²) >= 11 is 0. The van der Waals surface area contributed by atoms with Crippen molar-refractivity contribution in [2.45, 2.75) is 52.9 Å². The van der Waals surface area contributed by atoms with Gasteiger partial charge in [-0.05, 0) is 42.9 Å². The first-order valence-corrected chi connectivity index (χ1v) is 6.72. The summed E-state index contributed by atoms with van der Waals surface area (Å²) in [7, 11) is 0. The van der Waals surface area contributed by atoms with Gasteiger partial charge in [0.1, 0.15) is 0 Å². The maximum atomic E-state index is 7.43. The number of allylic oxidation sites excluding steroid dienone is 3. The Bertz CT molecular complexity index is 406. The second-order valence-electron chi connectivity index (χ2n) is 6.29. The molecule has 2 fully saturated rings. The van der Waals surface area contributed by atoms with Gasteiger partial charge >= 0.3 is 0 Å². The van der Waals surface area contributed by atoms with Crippen LogP contribution < -0.4 is 0 Å². The number of hydrogen-bond acceptors (Lipinski definition) is 0. The number of fused-ring (bicyclic) bond motifs is 1. The van der Waals surface area contributed by atoms with Crippen molar-refractivity contribution >= 4 is 0 Å². The molecule has 0 aliphatic heterocycles. The maximum absolute atomic E-state index is 7.43. The maximum Gasteiger partial charge on any atom is 0.167 e. The van der Waals surface area contributed by atoms with Crippen molar-refractivity contribution < 1.29 is 0 Å². The van der Waals surface area contributed by atoms with Gasteiger partial charge in [-0.2, -0.15) is 0 Å². The molecule has 92 valence electrons. The molecule has 0 bridgehead atoms. The summed E-state index contributed by atoms with van der Waals surface area (Å²) in [5.74, 6) is 1.02. The quantitative estimate of drug-likeness (QED) is 0.441. The molecule has 0 heterocycles. The predicted molar refractivity (Wildman–Crippen MR) is 72.3 cm³/mol. The van der Waals surface area contributed by atoms with Crippen LogP contribution in [0, 0.1) is 23.8 Å². The third kappa shape index (κ3) is 1.95. The van der Waals surface area contributed by atoms with E-state index in [4.69, 9.17) is 6.57 Å². The van der Waals surface area contributed by atoms with Crippen LogP contribution in [-0.2, 0) is 0 Å². The van der Waals surface area contributed by atoms with Gasteiger partial charge in [0.05, 0.1) is 6.57 Å². The zero-order chi connectivity index (χ0) is 12.6. The molecule has 2 aliphatic carbocycles. The monoisotopic (exact) mass is 229 g/mol. The number of rotatable bonds is 1. The van der Waals surface area contributed by atoms with Gasteiger partial charge in [0.2, 0.25) is 0 Å². The molecular formula is C16H23N. The molecule has 0 unspecified atom stereocenters. The predicted octanol–water partition coefficient (Wildman–Crippen LogP) is 4.97. The molecule has 2 saturated carbocycles. The molecule has 3 atom stereocenters. The summed E-state index contributed by atoms with van der Waals surface area (Å²) in [6.07, 6.45) is 6.24. The zero-order valence-corrected chi connectivity index (χ0v) is 11.3. The van der Waals surface area contributed by atoms with Crippen molar-refractivity contribution in [3.05, 3.63) is 34.8 Å². The van der Waals surface area contributed by atoms with Gasteiger partial charge in [-0.25, -0.2) is 4.85 Å². The van der Waals surface area contributed by atoms with Gasteiger partial charge < -0.3 is 0 Å². The minimum absolute atomic E-state index is 0.422. The molecule has 0 aromatic carbocycles. The molecule has 1 nitrogen and oxygen atoms in total. The lowest BCUT2D eigenvalue weighted by Gasteiger charge is -2.40. The summed E-state index contributed by atoms with van der Waals surface area (Å²) < 4.78 is 0. The highest BCUT2D eigenvalue weighted by molar-refractivity contribution is 5.28. The van der Waals surface area contributed by atoms with Gasteiger partial charge in [0, 0.05) is 0 Å². The molecule has 0 N–H and O–H groups in total. The van der Waals surface area contributed by atoms with Crippen LogP contribution in [0.4, 0.5) is 0 Å². The lowest BCUT2D eigenvalue weighted by molar-refractivity contribution is 0.185. The van der Waals surface area contributed by atoms with Crippen LogP contribution in [0.25, 0.3) is 4.85 Å². The highest BCUT2D eigenvalue weighted by Gasteiger charge is 2.49. The minimum atomic E-state index is 0.422. The van der Waals surface area contributed by atoms with Crippen molar-refractivity contribution in [2.75, 3.05) is 0 Å². The third-order valence-corrected chi connectivity index (χ3v) is 4.85. The van der Waals surface area contributed by atoms with Gasteiger partial charge in [0.25, 0.3) is 0 Å². The highest BCUT2D eigenvalue weighted by atomic mass is 14.7. The fourth-order valence-corrected chi connectivity index (χ4v) is 4.09. The van der Waals surface area contributed by atoms with Gasteiger partial charge in [0.15, 0.2) is 5.70 Å². The molecule has 0 amide bonds. The molecule has 0 saturated heterocycles. The van der Waals surface area contributed by atoms with Crippen LogP contribution in [0.15, 0.2) is 23.4 Å². The fourth-order valence-electron chi connectivity index (χ4n) is 4.09. The Hall–Kier alpha value is -1.03. The molecule has 17 heavy (non-hydrogen) atoms. The van der Waals surface area contributed by atoms with Crippen LogP contribution in [0.3, 0.4) is 0 Å². The van der Waals surface area contributed by atoms with Crippen LogP contribution in [0.5, 0.6) is 0 Å². The summed E-state index contributed by atoms with van der Waals surface area (Å²) in [6, 6.07) is 0. The standard InChI is InChI=1S/C16H23N/c1-11(2)15(17-5)13-8-10-16(4)9-6-7-12(3)14(13)16/h13-14H,3,6-10H2,1-2,4H3/t13-,14+,16-/m0/s1. The van der Waals surface area contributed by atoms with Crippen molar-refractivity contribution in [2.24, 2.45) is 17.3 Å². The summed E-state index contributed by atoms with van der Waals surface area (Å²) in [6.45, 7) is 18.3. The van der Waals surface area contributed by atoms with E-state index in [9.17, 15) is 0 Å². The first kappa shape index (κ1) is 12.4. The molecule has 1 heteroatoms. The summed E-state index contributed by atoms with van der Waals surface area (Å²) in [4.78, 5) is 3.81. The van der Waals surface area contributed by atoms with Gasteiger partial charge in [-0.15, -0.1) is 0 Å². The van der Waals surface area contributed by atoms with Crippen LogP contribution in [0.2, 0.25) is 0 Å². The Morgan fingerprint density at radius 1 is 1.41 bits per heavy atom. The first-order chi connectivity index (χ1) is 7.99. The SMILES string of the molecule is [C-]#[N+]C(=C(C)C)[C@H]1CC[C@]2(C)CCCC(=C)[C@H]12. The van der Waals surface area contributed by atoms with Crippen LogP contribution in [-0.4, -0.2) is 0 Å². The van der Waals surface area contributed by atoms with E-state index in [0.717, 1.165) is 5.70 Å². The Kier molecular flexibility index (Phi) is 3.17. The van der Waals surface area contributed by atoms with E-state index in [1.165, 1.54) is 43.3 Å². The molecule has 2 rings (SSSR count). The van der Waals surface area contributed by atoms with E-state index in [2.05, 4.69) is 32.2 Å². The smallest absolute Gasteiger partial charge is 0.167 e. The average molecular weight is 229 g/mol.